The van der Waals surface area contributed by atoms with Crippen molar-refractivity contribution in [3.63, 3.8) is 0 Å². The fourth-order valence-corrected chi connectivity index (χ4v) is 2.65. The summed E-state index contributed by atoms with van der Waals surface area (Å²) < 4.78 is 45.0. The maximum atomic E-state index is 12.9. The van der Waals surface area contributed by atoms with E-state index in [0.29, 0.717) is 21.2 Å². The number of hydrogen-bond donors (Lipinski definition) is 1. The van der Waals surface area contributed by atoms with Crippen molar-refractivity contribution in [2.45, 2.75) is 13.1 Å². The van der Waals surface area contributed by atoms with Gasteiger partial charge in [-0.3, -0.25) is 4.79 Å². The molecule has 0 aliphatic rings. The Hall–Kier alpha value is -2.35. The predicted octanol–water partition coefficient (Wildman–Crippen LogP) is 5.17. The highest BCUT2D eigenvalue weighted by Gasteiger charge is 2.35. The highest BCUT2D eigenvalue weighted by molar-refractivity contribution is 9.10. The third kappa shape index (κ3) is 3.01. The Bertz CT molecular complexity index is 935. The SMILES string of the molecule is Cc1oc2ccc(C(=O)Nc3cccnc3C(F)(F)F)cc2c1Br. The maximum absolute atomic E-state index is 12.9. The summed E-state index contributed by atoms with van der Waals surface area (Å²) >= 11 is 3.35. The quantitative estimate of drug-likeness (QED) is 0.647. The van der Waals surface area contributed by atoms with Crippen LogP contribution in [-0.4, -0.2) is 10.9 Å². The second-order valence-electron chi connectivity index (χ2n) is 5.03. The first-order chi connectivity index (χ1) is 11.3. The van der Waals surface area contributed by atoms with Crippen LogP contribution in [-0.2, 0) is 6.18 Å². The van der Waals surface area contributed by atoms with Crippen molar-refractivity contribution in [3.05, 3.63) is 58.0 Å². The monoisotopic (exact) mass is 398 g/mol. The van der Waals surface area contributed by atoms with E-state index in [1.165, 1.54) is 12.1 Å². The van der Waals surface area contributed by atoms with Crippen molar-refractivity contribution in [1.29, 1.82) is 0 Å². The lowest BCUT2D eigenvalue weighted by atomic mass is 10.1. The molecule has 3 rings (SSSR count). The molecule has 0 fully saturated rings. The van der Waals surface area contributed by atoms with Gasteiger partial charge < -0.3 is 9.73 Å². The topological polar surface area (TPSA) is 55.1 Å². The Kier molecular flexibility index (Phi) is 4.08. The fourth-order valence-electron chi connectivity index (χ4n) is 2.26. The van der Waals surface area contributed by atoms with Gasteiger partial charge in [0, 0.05) is 17.1 Å². The molecule has 1 amide bonds. The van der Waals surface area contributed by atoms with Crippen LogP contribution in [0.15, 0.2) is 45.4 Å². The highest BCUT2D eigenvalue weighted by Crippen LogP contribution is 2.34. The van der Waals surface area contributed by atoms with Crippen molar-refractivity contribution in [2.24, 2.45) is 0 Å². The molecule has 1 N–H and O–H groups in total. The summed E-state index contributed by atoms with van der Waals surface area (Å²) in [5.41, 5.74) is -0.744. The van der Waals surface area contributed by atoms with Crippen molar-refractivity contribution in [1.82, 2.24) is 4.98 Å². The number of hydrogen-bond acceptors (Lipinski definition) is 3. The van der Waals surface area contributed by atoms with Gasteiger partial charge in [-0.1, -0.05) is 0 Å². The molecule has 0 bridgehead atoms. The largest absolute Gasteiger partial charge is 0.460 e. The van der Waals surface area contributed by atoms with E-state index in [-0.39, 0.29) is 5.56 Å². The summed E-state index contributed by atoms with van der Waals surface area (Å²) in [5, 5.41) is 2.93. The minimum atomic E-state index is -4.65. The number of alkyl halides is 3. The second-order valence-corrected chi connectivity index (χ2v) is 5.83. The summed E-state index contributed by atoms with van der Waals surface area (Å²) in [6.45, 7) is 1.76. The molecule has 4 nitrogen and oxygen atoms in total. The molecule has 0 radical (unpaired) electrons. The van der Waals surface area contributed by atoms with Crippen molar-refractivity contribution >= 4 is 38.5 Å². The van der Waals surface area contributed by atoms with Crippen LogP contribution >= 0.6 is 15.9 Å². The number of anilines is 1. The van der Waals surface area contributed by atoms with Crippen molar-refractivity contribution in [2.75, 3.05) is 5.32 Å². The lowest BCUT2D eigenvalue weighted by Crippen LogP contribution is -2.17. The number of rotatable bonds is 2. The van der Waals surface area contributed by atoms with E-state index in [4.69, 9.17) is 4.42 Å². The van der Waals surface area contributed by atoms with E-state index >= 15 is 0 Å². The van der Waals surface area contributed by atoms with Gasteiger partial charge >= 0.3 is 6.18 Å². The number of fused-ring (bicyclic) bond motifs is 1. The molecule has 0 aliphatic heterocycles. The van der Waals surface area contributed by atoms with E-state index in [0.717, 1.165) is 12.3 Å². The normalized spacial score (nSPS) is 11.7. The molecule has 1 aromatic carbocycles. The zero-order chi connectivity index (χ0) is 17.5. The van der Waals surface area contributed by atoms with Crippen LogP contribution in [0.4, 0.5) is 18.9 Å². The molecular weight excluding hydrogens is 389 g/mol. The molecule has 124 valence electrons. The van der Waals surface area contributed by atoms with E-state index in [1.807, 2.05) is 0 Å². The summed E-state index contributed by atoms with van der Waals surface area (Å²) in [7, 11) is 0. The second kappa shape index (κ2) is 5.94. The lowest BCUT2D eigenvalue weighted by Gasteiger charge is -2.12. The minimum Gasteiger partial charge on any atom is -0.460 e. The first-order valence-corrected chi connectivity index (χ1v) is 7.59. The average molecular weight is 399 g/mol. The third-order valence-corrected chi connectivity index (χ3v) is 4.36. The third-order valence-electron chi connectivity index (χ3n) is 3.37. The lowest BCUT2D eigenvalue weighted by molar-refractivity contribution is -0.140. The Morgan fingerprint density at radius 1 is 1.29 bits per heavy atom. The van der Waals surface area contributed by atoms with Gasteiger partial charge in [0.05, 0.1) is 10.2 Å². The first kappa shape index (κ1) is 16.5. The Morgan fingerprint density at radius 2 is 2.04 bits per heavy atom. The molecule has 2 aromatic heterocycles. The molecule has 0 saturated carbocycles. The number of aromatic nitrogens is 1. The number of halogens is 4. The van der Waals surface area contributed by atoms with Crippen molar-refractivity contribution in [3.8, 4) is 0 Å². The van der Waals surface area contributed by atoms with Gasteiger partial charge in [0.25, 0.3) is 5.91 Å². The Balaban J connectivity index is 1.95. The number of carbonyl (C=O) groups excluding carboxylic acids is 1. The van der Waals surface area contributed by atoms with Crippen LogP contribution in [0.2, 0.25) is 0 Å². The van der Waals surface area contributed by atoms with Crippen LogP contribution in [0, 0.1) is 6.92 Å². The number of nitrogens with one attached hydrogen (secondary N) is 1. The van der Waals surface area contributed by atoms with E-state index in [2.05, 4.69) is 26.2 Å². The first-order valence-electron chi connectivity index (χ1n) is 6.79. The van der Waals surface area contributed by atoms with Gasteiger partial charge in [-0.15, -0.1) is 0 Å². The molecule has 0 unspecified atom stereocenters. The van der Waals surface area contributed by atoms with E-state index in [9.17, 15) is 18.0 Å². The molecule has 0 aliphatic carbocycles. The van der Waals surface area contributed by atoms with E-state index < -0.39 is 23.5 Å². The predicted molar refractivity (Wildman–Crippen MR) is 85.8 cm³/mol. The standard InChI is InChI=1S/C16H10BrF3N2O2/c1-8-13(17)10-7-9(4-5-12(10)24-8)15(23)22-11-3-2-6-21-14(11)16(18,19)20/h2-7H,1H3,(H,22,23). The number of amides is 1. The number of nitrogens with zero attached hydrogens (tertiary/aromatic N) is 1. The van der Waals surface area contributed by atoms with Gasteiger partial charge in [0.15, 0.2) is 5.69 Å². The molecule has 0 saturated heterocycles. The number of benzene rings is 1. The molecule has 24 heavy (non-hydrogen) atoms. The smallest absolute Gasteiger partial charge is 0.435 e. The van der Waals surface area contributed by atoms with Gasteiger partial charge in [-0.2, -0.15) is 13.2 Å². The van der Waals surface area contributed by atoms with Crippen LogP contribution in [0.3, 0.4) is 0 Å². The number of carbonyl (C=O) groups is 1. The van der Waals surface area contributed by atoms with Gasteiger partial charge in [-0.25, -0.2) is 4.98 Å². The van der Waals surface area contributed by atoms with Gasteiger partial charge in [-0.05, 0) is 53.2 Å². The molecular formula is C16H10BrF3N2O2. The van der Waals surface area contributed by atoms with Crippen LogP contribution in [0.5, 0.6) is 0 Å². The van der Waals surface area contributed by atoms with Crippen LogP contribution < -0.4 is 5.32 Å². The van der Waals surface area contributed by atoms with Crippen molar-refractivity contribution < 1.29 is 22.4 Å². The van der Waals surface area contributed by atoms with Crippen LogP contribution in [0.1, 0.15) is 21.8 Å². The highest BCUT2D eigenvalue weighted by atomic mass is 79.9. The summed E-state index contributed by atoms with van der Waals surface area (Å²) in [4.78, 5) is 15.6. The van der Waals surface area contributed by atoms with E-state index in [1.54, 1.807) is 19.1 Å². The Labute approximate surface area is 142 Å². The summed E-state index contributed by atoms with van der Waals surface area (Å²) in [5.74, 6) is -0.0182. The van der Waals surface area contributed by atoms with Gasteiger partial charge in [0.2, 0.25) is 0 Å². The van der Waals surface area contributed by atoms with Gasteiger partial charge in [0.1, 0.15) is 11.3 Å². The number of aryl methyl sites for hydroxylation is 1. The average Bonchev–Trinajstić information content (AvgIpc) is 2.81. The summed E-state index contributed by atoms with van der Waals surface area (Å²) in [6.07, 6.45) is -3.63. The molecule has 2 heterocycles. The number of furan rings is 1. The fraction of sp³-hybridized carbons (Fsp3) is 0.125. The zero-order valence-electron chi connectivity index (χ0n) is 12.2. The molecule has 0 spiro atoms. The molecule has 8 heteroatoms. The zero-order valence-corrected chi connectivity index (χ0v) is 13.8. The molecule has 0 atom stereocenters. The Morgan fingerprint density at radius 3 is 2.75 bits per heavy atom. The minimum absolute atomic E-state index is 0.209. The summed E-state index contributed by atoms with van der Waals surface area (Å²) in [6, 6.07) is 7.11. The molecule has 3 aromatic rings. The maximum Gasteiger partial charge on any atom is 0.435 e. The van der Waals surface area contributed by atoms with Crippen LogP contribution in [0.25, 0.3) is 11.0 Å². The number of pyridine rings is 1.